The van der Waals surface area contributed by atoms with Gasteiger partial charge in [-0.25, -0.2) is 0 Å². The van der Waals surface area contributed by atoms with E-state index in [0.29, 0.717) is 33.2 Å². The molecule has 1 aromatic heterocycles. The van der Waals surface area contributed by atoms with Crippen molar-refractivity contribution in [1.29, 1.82) is 0 Å². The van der Waals surface area contributed by atoms with Crippen molar-refractivity contribution in [2.24, 2.45) is 0 Å². The normalized spacial score (nSPS) is 12.1. The Hall–Kier alpha value is -3.42. The van der Waals surface area contributed by atoms with Gasteiger partial charge in [-0.3, -0.25) is 4.79 Å². The van der Waals surface area contributed by atoms with Crippen LogP contribution in [0.3, 0.4) is 0 Å². The smallest absolute Gasteiger partial charge is 0.350 e. The number of carbonyl (C=O) groups is 1. The van der Waals surface area contributed by atoms with E-state index in [1.54, 1.807) is 24.3 Å². The lowest BCUT2D eigenvalue weighted by molar-refractivity contribution is -0.137. The molecule has 1 amide bonds. The van der Waals surface area contributed by atoms with Gasteiger partial charge < -0.3 is 9.84 Å². The van der Waals surface area contributed by atoms with Gasteiger partial charge in [0, 0.05) is 22.3 Å². The third-order valence-corrected chi connectivity index (χ3v) is 4.56. The topological polar surface area (TPSA) is 68.0 Å². The van der Waals surface area contributed by atoms with Gasteiger partial charge in [0.2, 0.25) is 0 Å². The fraction of sp³-hybridized carbons (Fsp3) is 0.190. The third kappa shape index (κ3) is 3.53. The van der Waals surface area contributed by atoms with Crippen LogP contribution in [0.15, 0.2) is 53.1 Å². The Bertz CT molecular complexity index is 1210. The minimum absolute atomic E-state index is 0.0228. The van der Waals surface area contributed by atoms with Gasteiger partial charge in [-0.2, -0.15) is 13.2 Å². The Morgan fingerprint density at radius 2 is 1.76 bits per heavy atom. The van der Waals surface area contributed by atoms with Gasteiger partial charge in [0.15, 0.2) is 5.58 Å². The summed E-state index contributed by atoms with van der Waals surface area (Å²) in [5.41, 5.74) is 1.83. The lowest BCUT2D eigenvalue weighted by Gasteiger charge is -2.12. The number of benzene rings is 3. The summed E-state index contributed by atoms with van der Waals surface area (Å²) in [4.78, 5) is 12.4. The Morgan fingerprint density at radius 1 is 1.03 bits per heavy atom. The first-order chi connectivity index (χ1) is 13.7. The van der Waals surface area contributed by atoms with Crippen molar-refractivity contribution < 1.29 is 22.5 Å². The average molecular weight is 399 g/mol. The first-order valence-corrected chi connectivity index (χ1v) is 8.91. The number of alkyl halides is 3. The van der Waals surface area contributed by atoms with Crippen molar-refractivity contribution in [2.45, 2.75) is 26.1 Å². The highest BCUT2D eigenvalue weighted by molar-refractivity contribution is 6.12. The SMILES string of the molecule is CC(C)NC(=O)c1ccc2c(-c3ccc(C(F)(F)F)cc3)cc3onnc3c2c1. The van der Waals surface area contributed by atoms with Crippen molar-refractivity contribution in [3.63, 3.8) is 0 Å². The Balaban J connectivity index is 1.89. The first-order valence-electron chi connectivity index (χ1n) is 8.91. The van der Waals surface area contributed by atoms with E-state index >= 15 is 0 Å². The third-order valence-electron chi connectivity index (χ3n) is 4.56. The Morgan fingerprint density at radius 3 is 2.41 bits per heavy atom. The molecule has 0 aliphatic heterocycles. The lowest BCUT2D eigenvalue weighted by atomic mass is 9.95. The van der Waals surface area contributed by atoms with Crippen LogP contribution in [0.1, 0.15) is 29.8 Å². The highest BCUT2D eigenvalue weighted by Gasteiger charge is 2.30. The molecule has 0 unspecified atom stereocenters. The molecule has 0 atom stereocenters. The zero-order chi connectivity index (χ0) is 20.8. The van der Waals surface area contributed by atoms with E-state index < -0.39 is 11.7 Å². The predicted molar refractivity (Wildman–Crippen MR) is 102 cm³/mol. The quantitative estimate of drug-likeness (QED) is 0.514. The second-order valence-corrected chi connectivity index (χ2v) is 7.01. The molecule has 4 rings (SSSR count). The molecule has 4 aromatic rings. The summed E-state index contributed by atoms with van der Waals surface area (Å²) < 4.78 is 43.8. The minimum atomic E-state index is -4.40. The predicted octanol–water partition coefficient (Wildman–Crippen LogP) is 5.20. The average Bonchev–Trinajstić information content (AvgIpc) is 3.14. The molecular formula is C21H16F3N3O2. The number of nitrogens with zero attached hydrogens (tertiary/aromatic N) is 2. The number of fused-ring (bicyclic) bond motifs is 3. The van der Waals surface area contributed by atoms with Crippen LogP contribution in [-0.2, 0) is 6.18 Å². The van der Waals surface area contributed by atoms with Crippen molar-refractivity contribution >= 4 is 27.8 Å². The van der Waals surface area contributed by atoms with E-state index in [9.17, 15) is 18.0 Å². The molecule has 0 spiro atoms. The molecule has 1 N–H and O–H groups in total. The summed E-state index contributed by atoms with van der Waals surface area (Å²) in [6.45, 7) is 3.73. The van der Waals surface area contributed by atoms with Gasteiger partial charge in [0.1, 0.15) is 5.52 Å². The molecule has 8 heteroatoms. The maximum atomic E-state index is 12.9. The van der Waals surface area contributed by atoms with Crippen molar-refractivity contribution in [3.05, 3.63) is 59.7 Å². The van der Waals surface area contributed by atoms with E-state index in [1.807, 2.05) is 13.8 Å². The summed E-state index contributed by atoms with van der Waals surface area (Å²) in [5, 5.41) is 11.8. The molecule has 3 aromatic carbocycles. The summed E-state index contributed by atoms with van der Waals surface area (Å²) in [6.07, 6.45) is -4.40. The van der Waals surface area contributed by atoms with E-state index in [4.69, 9.17) is 4.52 Å². The molecule has 0 saturated carbocycles. The fourth-order valence-corrected chi connectivity index (χ4v) is 3.23. The molecule has 0 fully saturated rings. The second-order valence-electron chi connectivity index (χ2n) is 7.01. The fourth-order valence-electron chi connectivity index (χ4n) is 3.23. The van der Waals surface area contributed by atoms with Gasteiger partial charge in [0.05, 0.1) is 5.56 Å². The van der Waals surface area contributed by atoms with Crippen LogP contribution in [0.5, 0.6) is 0 Å². The summed E-state index contributed by atoms with van der Waals surface area (Å²) in [7, 11) is 0. The number of nitrogens with one attached hydrogen (secondary N) is 1. The van der Waals surface area contributed by atoms with Crippen LogP contribution in [0.2, 0.25) is 0 Å². The van der Waals surface area contributed by atoms with E-state index in [2.05, 4.69) is 15.7 Å². The zero-order valence-electron chi connectivity index (χ0n) is 15.5. The van der Waals surface area contributed by atoms with E-state index in [-0.39, 0.29) is 11.9 Å². The van der Waals surface area contributed by atoms with Crippen LogP contribution in [-0.4, -0.2) is 22.3 Å². The zero-order valence-corrected chi connectivity index (χ0v) is 15.5. The van der Waals surface area contributed by atoms with Crippen LogP contribution in [0.4, 0.5) is 13.2 Å². The molecule has 0 radical (unpaired) electrons. The number of amides is 1. The monoisotopic (exact) mass is 399 g/mol. The standard InChI is InChI=1S/C21H16F3N3O2/c1-11(2)25-20(28)13-5-8-15-16(10-18-19(17(15)9-13)26-27-29-18)12-3-6-14(7-4-12)21(22,23)24/h3-11H,1-2H3,(H,25,28). The minimum Gasteiger partial charge on any atom is -0.350 e. The number of aromatic nitrogens is 2. The Labute approximate surface area is 163 Å². The summed E-state index contributed by atoms with van der Waals surface area (Å²) >= 11 is 0. The number of halogens is 3. The molecule has 5 nitrogen and oxygen atoms in total. The summed E-state index contributed by atoms with van der Waals surface area (Å²) in [5.74, 6) is -0.230. The number of carbonyl (C=O) groups excluding carboxylic acids is 1. The summed E-state index contributed by atoms with van der Waals surface area (Å²) in [6, 6.07) is 11.7. The number of rotatable bonds is 3. The van der Waals surface area contributed by atoms with Crippen molar-refractivity contribution in [1.82, 2.24) is 15.7 Å². The highest BCUT2D eigenvalue weighted by Crippen LogP contribution is 2.36. The van der Waals surface area contributed by atoms with Crippen LogP contribution >= 0.6 is 0 Å². The molecule has 0 aliphatic rings. The van der Waals surface area contributed by atoms with Crippen molar-refractivity contribution in [3.8, 4) is 11.1 Å². The highest BCUT2D eigenvalue weighted by atomic mass is 19.4. The molecule has 0 aliphatic carbocycles. The van der Waals surface area contributed by atoms with Crippen LogP contribution < -0.4 is 5.32 Å². The molecule has 0 saturated heterocycles. The van der Waals surface area contributed by atoms with Crippen LogP contribution in [0, 0.1) is 0 Å². The van der Waals surface area contributed by atoms with Crippen LogP contribution in [0.25, 0.3) is 33.0 Å². The maximum absolute atomic E-state index is 12.9. The first kappa shape index (κ1) is 18.9. The molecule has 29 heavy (non-hydrogen) atoms. The number of hydrogen-bond acceptors (Lipinski definition) is 4. The maximum Gasteiger partial charge on any atom is 0.416 e. The van der Waals surface area contributed by atoms with Gasteiger partial charge in [-0.1, -0.05) is 18.2 Å². The molecule has 0 bridgehead atoms. The lowest BCUT2D eigenvalue weighted by Crippen LogP contribution is -2.29. The second kappa shape index (κ2) is 6.88. The largest absolute Gasteiger partial charge is 0.416 e. The van der Waals surface area contributed by atoms with Gasteiger partial charge >= 0.3 is 6.18 Å². The number of hydrogen-bond donors (Lipinski definition) is 1. The van der Waals surface area contributed by atoms with Gasteiger partial charge in [0.25, 0.3) is 5.91 Å². The van der Waals surface area contributed by atoms with Gasteiger partial charge in [-0.15, -0.1) is 5.10 Å². The Kier molecular flexibility index (Phi) is 4.49. The van der Waals surface area contributed by atoms with Gasteiger partial charge in [-0.05, 0) is 60.7 Å². The van der Waals surface area contributed by atoms with Crippen molar-refractivity contribution in [2.75, 3.05) is 0 Å². The van der Waals surface area contributed by atoms with E-state index in [0.717, 1.165) is 17.5 Å². The molecule has 148 valence electrons. The van der Waals surface area contributed by atoms with E-state index in [1.165, 1.54) is 12.1 Å². The molecular weight excluding hydrogens is 383 g/mol. The molecule has 1 heterocycles.